The Kier molecular flexibility index (Phi) is 16.4. The van der Waals surface area contributed by atoms with E-state index in [-0.39, 0.29) is 36.7 Å². The number of rotatable bonds is 21. The quantitative estimate of drug-likeness (QED) is 0.0305. The number of ether oxygens (including phenoxy) is 1. The molecule has 1 amide bonds. The zero-order valence-electron chi connectivity index (χ0n) is 35.3. The highest BCUT2D eigenvalue weighted by atomic mass is 31.2. The van der Waals surface area contributed by atoms with Gasteiger partial charge in [-0.3, -0.25) is 18.9 Å². The number of carboxylic acid groups (broad SMARTS) is 1. The summed E-state index contributed by atoms with van der Waals surface area (Å²) >= 11 is 0. The number of esters is 1. The molecule has 4 aromatic carbocycles. The number of anilines is 2. The number of aliphatic hydroxyl groups excluding tert-OH is 2. The number of carbonyl (C=O) groups excluding carboxylic acids is 2. The van der Waals surface area contributed by atoms with E-state index >= 15 is 0 Å². The van der Waals surface area contributed by atoms with Gasteiger partial charge in [0.25, 0.3) is 5.91 Å². The van der Waals surface area contributed by atoms with Crippen LogP contribution in [0.2, 0.25) is 0 Å². The topological polar surface area (TPSA) is 188 Å². The summed E-state index contributed by atoms with van der Waals surface area (Å²) in [5.74, 6) is -2.73. The number of hydrogen-bond acceptors (Lipinski definition) is 9. The van der Waals surface area contributed by atoms with E-state index in [0.29, 0.717) is 45.2 Å². The lowest BCUT2D eigenvalue weighted by Gasteiger charge is -2.24. The van der Waals surface area contributed by atoms with E-state index in [1.807, 2.05) is 26.0 Å². The number of nitrogens with zero attached hydrogens (tertiary/aromatic N) is 1. The van der Waals surface area contributed by atoms with Gasteiger partial charge in [-0.25, -0.2) is 9.48 Å². The molecule has 13 nitrogen and oxygen atoms in total. The zero-order chi connectivity index (χ0) is 45.0. The zero-order valence-corrected chi connectivity index (χ0v) is 36.2. The number of hydrogen-bond donors (Lipinski definition) is 6. The molecular weight excluding hydrogens is 815 g/mol. The molecule has 15 heteroatoms. The highest BCUT2D eigenvalue weighted by molar-refractivity contribution is 7.57. The molecule has 0 radical (unpaired) electrons. The summed E-state index contributed by atoms with van der Waals surface area (Å²) in [5.41, 5.74) is 3.88. The number of aliphatic carboxylic acids is 1. The molecule has 0 saturated carbocycles. The van der Waals surface area contributed by atoms with Gasteiger partial charge < -0.3 is 39.8 Å². The first-order valence-corrected chi connectivity index (χ1v) is 22.2. The molecule has 1 heterocycles. The molecule has 0 spiro atoms. The molecule has 0 saturated heterocycles. The van der Waals surface area contributed by atoms with Gasteiger partial charge in [-0.2, -0.15) is 0 Å². The molecule has 0 bridgehead atoms. The molecule has 6 N–H and O–H groups in total. The van der Waals surface area contributed by atoms with E-state index in [2.05, 4.69) is 15.7 Å². The van der Waals surface area contributed by atoms with Gasteiger partial charge in [0.2, 0.25) is 0 Å². The number of amides is 1. The van der Waals surface area contributed by atoms with Crippen LogP contribution in [0.15, 0.2) is 115 Å². The van der Waals surface area contributed by atoms with Gasteiger partial charge in [0, 0.05) is 47.4 Å². The third-order valence-corrected chi connectivity index (χ3v) is 11.7. The Morgan fingerprint density at radius 2 is 1.48 bits per heavy atom. The van der Waals surface area contributed by atoms with Crippen LogP contribution in [0.1, 0.15) is 69.4 Å². The number of aromatic nitrogens is 1. The van der Waals surface area contributed by atoms with Crippen molar-refractivity contribution < 1.29 is 47.9 Å². The van der Waals surface area contributed by atoms with Crippen LogP contribution in [0.4, 0.5) is 15.8 Å². The second kappa shape index (κ2) is 21.7. The average Bonchev–Trinajstić information content (AvgIpc) is 3.56. The van der Waals surface area contributed by atoms with E-state index in [1.165, 1.54) is 18.2 Å². The van der Waals surface area contributed by atoms with Gasteiger partial charge in [0.15, 0.2) is 0 Å². The normalized spacial score (nSPS) is 14.0. The summed E-state index contributed by atoms with van der Waals surface area (Å²) < 4.78 is 42.2. The van der Waals surface area contributed by atoms with Gasteiger partial charge in [-0.15, -0.1) is 0 Å². The monoisotopic (exact) mass is 868 g/mol. The van der Waals surface area contributed by atoms with Crippen molar-refractivity contribution in [1.82, 2.24) is 9.65 Å². The molecule has 1 aromatic heterocycles. The Hall–Kier alpha value is -6.05. The highest BCUT2D eigenvalue weighted by Gasteiger charge is 2.33. The molecule has 4 atom stereocenters. The van der Waals surface area contributed by atoms with Gasteiger partial charge in [0.1, 0.15) is 17.6 Å². The van der Waals surface area contributed by atoms with Crippen LogP contribution in [-0.2, 0) is 18.9 Å². The van der Waals surface area contributed by atoms with Gasteiger partial charge in [0.05, 0.1) is 42.2 Å². The average molecular weight is 869 g/mol. The summed E-state index contributed by atoms with van der Waals surface area (Å²) in [6, 6.07) is 29.5. The Bertz CT molecular complexity index is 2370. The second-order valence-electron chi connectivity index (χ2n) is 15.3. The van der Waals surface area contributed by atoms with Crippen molar-refractivity contribution >= 4 is 42.9 Å². The van der Waals surface area contributed by atoms with Crippen LogP contribution in [-0.4, -0.2) is 74.8 Å². The second-order valence-corrected chi connectivity index (χ2v) is 17.6. The minimum Gasteiger partial charge on any atom is -0.481 e. The fraction of sp³-hybridized carbons (Fsp3) is 0.298. The smallest absolute Gasteiger partial charge is 0.323 e. The van der Waals surface area contributed by atoms with Crippen LogP contribution in [0.5, 0.6) is 5.75 Å². The molecule has 5 rings (SSSR count). The first-order chi connectivity index (χ1) is 29.5. The predicted octanol–water partition coefficient (Wildman–Crippen LogP) is 9.01. The van der Waals surface area contributed by atoms with Crippen molar-refractivity contribution in [2.75, 3.05) is 23.3 Å². The lowest BCUT2D eigenvalue weighted by Crippen LogP contribution is -2.37. The molecule has 0 aliphatic rings. The molecule has 5 aromatic rings. The highest BCUT2D eigenvalue weighted by Crippen LogP contribution is 2.46. The summed E-state index contributed by atoms with van der Waals surface area (Å²) in [6.45, 7) is 8.88. The Labute approximate surface area is 361 Å². The van der Waals surface area contributed by atoms with Crippen LogP contribution in [0.3, 0.4) is 0 Å². The lowest BCUT2D eigenvalue weighted by atomic mass is 9.93. The fourth-order valence-electron chi connectivity index (χ4n) is 6.92. The number of nitrogens with one attached hydrogen (secondary N) is 3. The summed E-state index contributed by atoms with van der Waals surface area (Å²) in [7, 11) is -3.80. The van der Waals surface area contributed by atoms with Crippen molar-refractivity contribution in [1.29, 1.82) is 0 Å². The van der Waals surface area contributed by atoms with Crippen molar-refractivity contribution in [3.63, 3.8) is 0 Å². The third kappa shape index (κ3) is 12.7. The maximum atomic E-state index is 14.8. The number of aliphatic hydroxyl groups is 2. The van der Waals surface area contributed by atoms with E-state index in [9.17, 15) is 33.6 Å². The molecule has 1 unspecified atom stereocenters. The Morgan fingerprint density at radius 3 is 2.11 bits per heavy atom. The molecular formula is C47H54FN4O9P. The van der Waals surface area contributed by atoms with Crippen LogP contribution >= 0.6 is 7.52 Å². The summed E-state index contributed by atoms with van der Waals surface area (Å²) in [6.07, 6.45) is -0.916. The molecule has 0 fully saturated rings. The first kappa shape index (κ1) is 47.0. The van der Waals surface area contributed by atoms with Gasteiger partial charge in [-0.05, 0) is 92.9 Å². The van der Waals surface area contributed by atoms with Gasteiger partial charge >= 0.3 is 19.5 Å². The van der Waals surface area contributed by atoms with Crippen LogP contribution in [0, 0.1) is 5.82 Å². The standard InChI is InChI=1S/C47H54FN4O9P/c1-30(2)44-43(46(57)50-35-14-8-6-9-15-35)42(45(33-20-22-34(48)23-21-33)52(44)26-24-36(53)28-37(54)29-41(55)56)39-18-12-13-19-40(39)49-25-27-62(59,61-38-16-10-7-11-17-38)51-32(5)47(58)60-31(3)4/h6-24,26,30-32,36-37,49,53-54H,25,27-29H2,1-5H3,(H,50,57)(H,51,59)(H,55,56)/b26-24+/t32-,36+,37+,62?/m0/s1. The van der Waals surface area contributed by atoms with Gasteiger partial charge in [-0.1, -0.05) is 68.4 Å². The van der Waals surface area contributed by atoms with E-state index in [4.69, 9.17) is 14.4 Å². The minimum absolute atomic E-state index is 0.0695. The fourth-order valence-corrected chi connectivity index (χ4v) is 8.76. The summed E-state index contributed by atoms with van der Waals surface area (Å²) in [4.78, 5) is 38.8. The maximum Gasteiger partial charge on any atom is 0.323 e. The van der Waals surface area contributed by atoms with E-state index in [1.54, 1.807) is 116 Å². The SMILES string of the molecule is CC(C)OC(=O)[C@H](C)NP(=O)(CCNc1ccccc1-c1c(C(=O)Nc2ccccc2)c(C(C)C)n(/C=C/[C@@H](O)C[C@@H](O)CC(=O)O)c1-c1ccc(F)cc1)Oc1ccccc1. The van der Waals surface area contributed by atoms with Crippen molar-refractivity contribution in [2.24, 2.45) is 0 Å². The minimum atomic E-state index is -3.80. The van der Waals surface area contributed by atoms with Crippen LogP contribution < -0.4 is 20.2 Å². The molecule has 0 aliphatic heterocycles. The largest absolute Gasteiger partial charge is 0.481 e. The first-order valence-electron chi connectivity index (χ1n) is 20.4. The molecule has 62 heavy (non-hydrogen) atoms. The molecule has 328 valence electrons. The summed E-state index contributed by atoms with van der Waals surface area (Å²) in [5, 5.41) is 39.8. The van der Waals surface area contributed by atoms with Crippen molar-refractivity contribution in [3.8, 4) is 28.1 Å². The lowest BCUT2D eigenvalue weighted by molar-refractivity contribution is -0.149. The number of para-hydroxylation sites is 3. The number of carbonyl (C=O) groups is 3. The third-order valence-electron chi connectivity index (χ3n) is 9.56. The maximum absolute atomic E-state index is 14.8. The Morgan fingerprint density at radius 1 is 0.855 bits per heavy atom. The van der Waals surface area contributed by atoms with Crippen LogP contribution in [0.25, 0.3) is 28.6 Å². The number of benzene rings is 4. The Balaban J connectivity index is 1.65. The van der Waals surface area contributed by atoms with Crippen molar-refractivity contribution in [3.05, 3.63) is 132 Å². The van der Waals surface area contributed by atoms with E-state index < -0.39 is 55.9 Å². The number of halogens is 1. The number of carboxylic acids is 1. The predicted molar refractivity (Wildman–Crippen MR) is 240 cm³/mol. The van der Waals surface area contributed by atoms with E-state index in [0.717, 1.165) is 0 Å². The molecule has 0 aliphatic carbocycles. The van der Waals surface area contributed by atoms with Crippen molar-refractivity contribution in [2.45, 2.75) is 77.7 Å².